The molecule has 3 heterocycles. The van der Waals surface area contributed by atoms with Gasteiger partial charge < -0.3 is 14.1 Å². The first-order valence-electron chi connectivity index (χ1n) is 7.26. The number of carbonyl (C=O) groups excluding carboxylic acids is 2. The van der Waals surface area contributed by atoms with E-state index in [0.717, 1.165) is 12.0 Å². The van der Waals surface area contributed by atoms with Gasteiger partial charge >= 0.3 is 5.97 Å². The summed E-state index contributed by atoms with van der Waals surface area (Å²) in [6, 6.07) is 6.02. The lowest BCUT2D eigenvalue weighted by Gasteiger charge is -2.22. The Morgan fingerprint density at radius 2 is 2.26 bits per heavy atom. The molecule has 0 N–H and O–H groups in total. The van der Waals surface area contributed by atoms with Crippen molar-refractivity contribution < 1.29 is 18.7 Å². The molecular formula is C16H15ClN2O4. The highest BCUT2D eigenvalue weighted by Crippen LogP contribution is 2.22. The Bertz CT molecular complexity index is 685. The fourth-order valence-corrected chi connectivity index (χ4v) is 2.65. The maximum Gasteiger partial charge on any atom is 0.329 e. The summed E-state index contributed by atoms with van der Waals surface area (Å²) in [7, 11) is 0. The molecule has 120 valence electrons. The van der Waals surface area contributed by atoms with E-state index in [4.69, 9.17) is 20.8 Å². The first kappa shape index (κ1) is 15.6. The molecule has 2 aromatic heterocycles. The van der Waals surface area contributed by atoms with Gasteiger partial charge in [-0.25, -0.2) is 9.78 Å². The first-order valence-corrected chi connectivity index (χ1v) is 7.64. The fourth-order valence-electron chi connectivity index (χ4n) is 2.54. The Kier molecular flexibility index (Phi) is 4.62. The molecule has 0 aromatic carbocycles. The number of esters is 1. The highest BCUT2D eigenvalue weighted by atomic mass is 35.5. The van der Waals surface area contributed by atoms with Gasteiger partial charge in [0.1, 0.15) is 17.8 Å². The van der Waals surface area contributed by atoms with Crippen molar-refractivity contribution in [2.75, 3.05) is 6.54 Å². The van der Waals surface area contributed by atoms with Crippen LogP contribution in [0.25, 0.3) is 0 Å². The van der Waals surface area contributed by atoms with Crippen LogP contribution >= 0.6 is 11.6 Å². The molecule has 7 heteroatoms. The molecule has 1 saturated heterocycles. The summed E-state index contributed by atoms with van der Waals surface area (Å²) in [5, 5.41) is 0.381. The normalized spacial score (nSPS) is 17.3. The number of hydrogen-bond donors (Lipinski definition) is 0. The van der Waals surface area contributed by atoms with Crippen LogP contribution in [0.4, 0.5) is 0 Å². The molecule has 6 nitrogen and oxygen atoms in total. The number of ether oxygens (including phenoxy) is 1. The number of hydrogen-bond acceptors (Lipinski definition) is 5. The van der Waals surface area contributed by atoms with Crippen LogP contribution in [0.5, 0.6) is 0 Å². The third kappa shape index (κ3) is 3.53. The Labute approximate surface area is 138 Å². The first-order chi connectivity index (χ1) is 11.1. The van der Waals surface area contributed by atoms with Gasteiger partial charge in [-0.3, -0.25) is 4.79 Å². The summed E-state index contributed by atoms with van der Waals surface area (Å²) in [5.41, 5.74) is 0.740. The van der Waals surface area contributed by atoms with Crippen LogP contribution in [-0.2, 0) is 16.1 Å². The van der Waals surface area contributed by atoms with Crippen molar-refractivity contribution in [2.45, 2.75) is 25.5 Å². The van der Waals surface area contributed by atoms with Crippen LogP contribution in [0.15, 0.2) is 41.1 Å². The number of pyridine rings is 1. The zero-order chi connectivity index (χ0) is 16.2. The van der Waals surface area contributed by atoms with E-state index in [1.807, 2.05) is 0 Å². The van der Waals surface area contributed by atoms with Crippen LogP contribution in [-0.4, -0.2) is 34.3 Å². The maximum absolute atomic E-state index is 12.3. The number of furan rings is 1. The van der Waals surface area contributed by atoms with Gasteiger partial charge in [-0.05, 0) is 31.0 Å². The van der Waals surface area contributed by atoms with Gasteiger partial charge in [0.25, 0.3) is 5.91 Å². The monoisotopic (exact) mass is 334 g/mol. The lowest BCUT2D eigenvalue weighted by Crippen LogP contribution is -2.41. The average Bonchev–Trinajstić information content (AvgIpc) is 3.24. The van der Waals surface area contributed by atoms with Gasteiger partial charge in [-0.15, -0.1) is 0 Å². The number of amides is 1. The van der Waals surface area contributed by atoms with Crippen molar-refractivity contribution in [3.8, 4) is 0 Å². The third-order valence-corrected chi connectivity index (χ3v) is 3.91. The van der Waals surface area contributed by atoms with Gasteiger partial charge in [0.2, 0.25) is 0 Å². The summed E-state index contributed by atoms with van der Waals surface area (Å²) < 4.78 is 10.4. The highest BCUT2D eigenvalue weighted by molar-refractivity contribution is 6.29. The summed E-state index contributed by atoms with van der Waals surface area (Å²) >= 11 is 5.71. The molecule has 1 atom stereocenters. The van der Waals surface area contributed by atoms with Gasteiger partial charge in [0, 0.05) is 18.3 Å². The van der Waals surface area contributed by atoms with Crippen molar-refractivity contribution in [1.29, 1.82) is 0 Å². The van der Waals surface area contributed by atoms with E-state index >= 15 is 0 Å². The second-order valence-electron chi connectivity index (χ2n) is 5.23. The molecule has 1 fully saturated rings. The van der Waals surface area contributed by atoms with Gasteiger partial charge in [-0.1, -0.05) is 17.7 Å². The van der Waals surface area contributed by atoms with Crippen molar-refractivity contribution in [3.05, 3.63) is 53.2 Å². The van der Waals surface area contributed by atoms with Crippen molar-refractivity contribution in [1.82, 2.24) is 9.88 Å². The number of halogens is 1. The lowest BCUT2D eigenvalue weighted by atomic mass is 10.2. The molecule has 2 aromatic rings. The molecule has 3 rings (SSSR count). The van der Waals surface area contributed by atoms with Gasteiger partial charge in [-0.2, -0.15) is 0 Å². The predicted octanol–water partition coefficient (Wildman–Crippen LogP) is 2.68. The summed E-state index contributed by atoms with van der Waals surface area (Å²) in [5.74, 6) is -0.480. The minimum atomic E-state index is -0.576. The molecule has 1 aliphatic heterocycles. The Morgan fingerprint density at radius 3 is 2.96 bits per heavy atom. The van der Waals surface area contributed by atoms with E-state index in [9.17, 15) is 9.59 Å². The van der Waals surface area contributed by atoms with E-state index in [2.05, 4.69) is 4.98 Å². The lowest BCUT2D eigenvalue weighted by molar-refractivity contribution is -0.149. The van der Waals surface area contributed by atoms with Crippen molar-refractivity contribution in [3.63, 3.8) is 0 Å². The smallest absolute Gasteiger partial charge is 0.329 e. The van der Waals surface area contributed by atoms with Crippen LogP contribution in [0.1, 0.15) is 29.0 Å². The zero-order valence-electron chi connectivity index (χ0n) is 12.3. The number of nitrogens with zero attached hydrogens (tertiary/aromatic N) is 2. The van der Waals surface area contributed by atoms with Crippen LogP contribution < -0.4 is 0 Å². The molecule has 0 radical (unpaired) electrons. The molecule has 23 heavy (non-hydrogen) atoms. The largest absolute Gasteiger partial charge is 0.459 e. The summed E-state index contributed by atoms with van der Waals surface area (Å²) in [6.45, 7) is 0.615. The SMILES string of the molecule is O=C(OCc1ccc(Cl)nc1)[C@@H]1CCCN1C(=O)c1ccco1. The second-order valence-corrected chi connectivity index (χ2v) is 5.62. The standard InChI is InChI=1S/C16H15ClN2O4/c17-14-6-5-11(9-18-14)10-23-16(21)12-3-1-7-19(12)15(20)13-4-2-8-22-13/h2,4-6,8-9,12H,1,3,7,10H2/t12-/m0/s1. The van der Waals surface area contributed by atoms with Crippen molar-refractivity contribution >= 4 is 23.5 Å². The van der Waals surface area contributed by atoms with Gasteiger partial charge in [0.05, 0.1) is 6.26 Å². The average molecular weight is 335 g/mol. The molecule has 1 aliphatic rings. The quantitative estimate of drug-likeness (QED) is 0.635. The molecule has 0 saturated carbocycles. The Morgan fingerprint density at radius 1 is 1.39 bits per heavy atom. The molecule has 0 spiro atoms. The van der Waals surface area contributed by atoms with Gasteiger partial charge in [0.15, 0.2) is 5.76 Å². The highest BCUT2D eigenvalue weighted by Gasteiger charge is 2.36. The maximum atomic E-state index is 12.3. The summed E-state index contributed by atoms with van der Waals surface area (Å²) in [6.07, 6.45) is 4.33. The van der Waals surface area contributed by atoms with E-state index in [1.165, 1.54) is 11.2 Å². The number of carbonyl (C=O) groups is 2. The molecule has 0 aliphatic carbocycles. The predicted molar refractivity (Wildman–Crippen MR) is 81.8 cm³/mol. The number of rotatable bonds is 4. The third-order valence-electron chi connectivity index (χ3n) is 3.69. The number of aromatic nitrogens is 1. The summed E-state index contributed by atoms with van der Waals surface area (Å²) in [4.78, 5) is 30.0. The van der Waals surface area contributed by atoms with Crippen molar-refractivity contribution in [2.24, 2.45) is 0 Å². The van der Waals surface area contributed by atoms with E-state index < -0.39 is 12.0 Å². The van der Waals surface area contributed by atoms with E-state index in [1.54, 1.807) is 30.5 Å². The fraction of sp³-hybridized carbons (Fsp3) is 0.312. The second kappa shape index (κ2) is 6.83. The van der Waals surface area contributed by atoms with Crippen LogP contribution in [0, 0.1) is 0 Å². The Balaban J connectivity index is 1.61. The van der Waals surface area contributed by atoms with E-state index in [-0.39, 0.29) is 18.3 Å². The van der Waals surface area contributed by atoms with E-state index in [0.29, 0.717) is 18.1 Å². The molecule has 0 bridgehead atoms. The number of likely N-dealkylation sites (tertiary alicyclic amines) is 1. The molecule has 1 amide bonds. The van der Waals surface area contributed by atoms with Crippen LogP contribution in [0.2, 0.25) is 5.15 Å². The topological polar surface area (TPSA) is 72.6 Å². The minimum Gasteiger partial charge on any atom is -0.459 e. The van der Waals surface area contributed by atoms with Crippen LogP contribution in [0.3, 0.4) is 0 Å². The minimum absolute atomic E-state index is 0.0995. The molecular weight excluding hydrogens is 320 g/mol. The Hall–Kier alpha value is -2.34. The molecule has 0 unspecified atom stereocenters. The zero-order valence-corrected chi connectivity index (χ0v) is 13.0.